The van der Waals surface area contributed by atoms with Crippen LogP contribution in [0.1, 0.15) is 36.5 Å². The van der Waals surface area contributed by atoms with Gasteiger partial charge < -0.3 is 14.2 Å². The van der Waals surface area contributed by atoms with Gasteiger partial charge in [0.15, 0.2) is 18.1 Å². The van der Waals surface area contributed by atoms with Crippen LogP contribution in [0.2, 0.25) is 0 Å². The summed E-state index contributed by atoms with van der Waals surface area (Å²) in [5.74, 6) is 1.81. The topological polar surface area (TPSA) is 69.2 Å². The lowest BCUT2D eigenvalue weighted by Crippen LogP contribution is -2.24. The second kappa shape index (κ2) is 12.1. The van der Waals surface area contributed by atoms with Crippen LogP contribution in [0.3, 0.4) is 0 Å². The molecule has 0 aliphatic carbocycles. The summed E-state index contributed by atoms with van der Waals surface area (Å²) in [5, 5.41) is 4.03. The van der Waals surface area contributed by atoms with Crippen molar-refractivity contribution in [3.63, 3.8) is 0 Å². The summed E-state index contributed by atoms with van der Waals surface area (Å²) in [6.07, 6.45) is 1.54. The summed E-state index contributed by atoms with van der Waals surface area (Å²) in [4.78, 5) is 12.1. The molecule has 0 fully saturated rings. The Balaban J connectivity index is 1.58. The van der Waals surface area contributed by atoms with E-state index in [-0.39, 0.29) is 12.5 Å². The summed E-state index contributed by atoms with van der Waals surface area (Å²) < 4.78 is 17.8. The van der Waals surface area contributed by atoms with E-state index >= 15 is 0 Å². The lowest BCUT2D eigenvalue weighted by molar-refractivity contribution is -0.123. The van der Waals surface area contributed by atoms with E-state index in [0.717, 1.165) is 21.2 Å². The van der Waals surface area contributed by atoms with Crippen LogP contribution in [-0.4, -0.2) is 25.8 Å². The molecule has 0 aliphatic rings. The van der Waals surface area contributed by atoms with Crippen LogP contribution in [-0.2, 0) is 11.4 Å². The van der Waals surface area contributed by atoms with Gasteiger partial charge in [-0.25, -0.2) is 5.43 Å². The first-order valence-electron chi connectivity index (χ1n) is 10.6. The molecule has 3 rings (SSSR count). The Morgan fingerprint density at radius 3 is 2.48 bits per heavy atom. The smallest absolute Gasteiger partial charge is 0.277 e. The van der Waals surface area contributed by atoms with Crippen molar-refractivity contribution in [2.75, 3.05) is 13.7 Å². The molecule has 0 heterocycles. The number of hydrogen-bond donors (Lipinski definition) is 1. The van der Waals surface area contributed by atoms with Gasteiger partial charge >= 0.3 is 0 Å². The van der Waals surface area contributed by atoms with Gasteiger partial charge in [-0.2, -0.15) is 5.10 Å². The summed E-state index contributed by atoms with van der Waals surface area (Å²) in [5.41, 5.74) is 5.33. The van der Waals surface area contributed by atoms with E-state index in [9.17, 15) is 4.79 Å². The molecule has 0 saturated heterocycles. The summed E-state index contributed by atoms with van der Waals surface area (Å²) in [6.45, 7) is 4.45. The third kappa shape index (κ3) is 7.08. The SMILES string of the molecule is COc1cc(/C=N/NC(=O)COc2ccccc2C(C)C)cc(Br)c1OCc1ccccc1. The fourth-order valence-electron chi connectivity index (χ4n) is 3.13. The zero-order valence-electron chi connectivity index (χ0n) is 18.9. The van der Waals surface area contributed by atoms with E-state index < -0.39 is 0 Å². The molecule has 33 heavy (non-hydrogen) atoms. The van der Waals surface area contributed by atoms with Gasteiger partial charge in [-0.15, -0.1) is 0 Å². The van der Waals surface area contributed by atoms with Crippen LogP contribution in [0.4, 0.5) is 0 Å². The minimum Gasteiger partial charge on any atom is -0.493 e. The maximum Gasteiger partial charge on any atom is 0.277 e. The Hall–Kier alpha value is -3.32. The first-order valence-corrected chi connectivity index (χ1v) is 11.3. The molecular formula is C26H27BrN2O4. The number of para-hydroxylation sites is 1. The highest BCUT2D eigenvalue weighted by Crippen LogP contribution is 2.36. The van der Waals surface area contributed by atoms with Gasteiger partial charge in [-0.05, 0) is 56.7 Å². The van der Waals surface area contributed by atoms with E-state index in [1.54, 1.807) is 13.2 Å². The maximum absolute atomic E-state index is 12.1. The standard InChI is InChI=1S/C26H27BrN2O4/c1-18(2)21-11-7-8-12-23(21)32-17-25(30)29-28-15-20-13-22(27)26(24(14-20)31-3)33-16-19-9-5-4-6-10-19/h4-15,18H,16-17H2,1-3H3,(H,29,30)/b28-15+. The normalized spacial score (nSPS) is 10.9. The minimum atomic E-state index is -0.348. The zero-order valence-corrected chi connectivity index (χ0v) is 20.5. The number of hydrogen-bond acceptors (Lipinski definition) is 5. The fraction of sp³-hybridized carbons (Fsp3) is 0.231. The highest BCUT2D eigenvalue weighted by Gasteiger charge is 2.12. The van der Waals surface area contributed by atoms with Gasteiger partial charge in [0.1, 0.15) is 12.4 Å². The number of benzene rings is 3. The van der Waals surface area contributed by atoms with Crippen molar-refractivity contribution >= 4 is 28.1 Å². The van der Waals surface area contributed by atoms with Crippen molar-refractivity contribution < 1.29 is 19.0 Å². The number of halogens is 1. The molecule has 3 aromatic rings. The van der Waals surface area contributed by atoms with Crippen LogP contribution in [0.5, 0.6) is 17.2 Å². The van der Waals surface area contributed by atoms with E-state index in [2.05, 4.69) is 40.3 Å². The Morgan fingerprint density at radius 1 is 1.03 bits per heavy atom. The summed E-state index contributed by atoms with van der Waals surface area (Å²) in [6, 6.07) is 21.2. The molecule has 1 amide bonds. The third-order valence-electron chi connectivity index (χ3n) is 4.78. The van der Waals surface area contributed by atoms with E-state index in [4.69, 9.17) is 14.2 Å². The van der Waals surface area contributed by atoms with Crippen molar-refractivity contribution in [2.24, 2.45) is 5.10 Å². The predicted molar refractivity (Wildman–Crippen MR) is 133 cm³/mol. The van der Waals surface area contributed by atoms with Gasteiger partial charge in [0, 0.05) is 0 Å². The van der Waals surface area contributed by atoms with Crippen LogP contribution in [0, 0.1) is 0 Å². The van der Waals surface area contributed by atoms with Gasteiger partial charge in [-0.1, -0.05) is 62.4 Å². The largest absolute Gasteiger partial charge is 0.493 e. The molecule has 6 nitrogen and oxygen atoms in total. The van der Waals surface area contributed by atoms with Crippen molar-refractivity contribution in [3.8, 4) is 17.2 Å². The number of carbonyl (C=O) groups is 1. The van der Waals surface area contributed by atoms with Crippen molar-refractivity contribution in [1.82, 2.24) is 5.43 Å². The quantitative estimate of drug-likeness (QED) is 0.281. The second-order valence-corrected chi connectivity index (χ2v) is 8.44. The molecule has 0 aromatic heterocycles. The van der Waals surface area contributed by atoms with Crippen LogP contribution in [0.15, 0.2) is 76.3 Å². The fourth-order valence-corrected chi connectivity index (χ4v) is 3.70. The number of carbonyl (C=O) groups excluding carboxylic acids is 1. The number of ether oxygens (including phenoxy) is 3. The summed E-state index contributed by atoms with van der Waals surface area (Å²) >= 11 is 3.53. The zero-order chi connectivity index (χ0) is 23.6. The molecule has 0 atom stereocenters. The van der Waals surface area contributed by atoms with E-state index in [0.29, 0.717) is 29.8 Å². The van der Waals surface area contributed by atoms with Crippen molar-refractivity contribution in [2.45, 2.75) is 26.4 Å². The average Bonchev–Trinajstić information content (AvgIpc) is 2.82. The van der Waals surface area contributed by atoms with Crippen LogP contribution >= 0.6 is 15.9 Å². The second-order valence-electron chi connectivity index (χ2n) is 7.58. The molecule has 0 spiro atoms. The van der Waals surface area contributed by atoms with Gasteiger partial charge in [0.2, 0.25) is 0 Å². The number of rotatable bonds is 10. The highest BCUT2D eigenvalue weighted by molar-refractivity contribution is 9.10. The predicted octanol–water partition coefficient (Wildman–Crippen LogP) is 5.69. The van der Waals surface area contributed by atoms with Crippen LogP contribution in [0.25, 0.3) is 0 Å². The summed E-state index contributed by atoms with van der Waals surface area (Å²) in [7, 11) is 1.58. The molecule has 0 unspecified atom stereocenters. The molecule has 0 bridgehead atoms. The lowest BCUT2D eigenvalue weighted by atomic mass is 10.0. The highest BCUT2D eigenvalue weighted by atomic mass is 79.9. The maximum atomic E-state index is 12.1. The van der Waals surface area contributed by atoms with E-state index in [1.165, 1.54) is 6.21 Å². The molecule has 0 saturated carbocycles. The molecule has 3 aromatic carbocycles. The Kier molecular flexibility index (Phi) is 8.89. The minimum absolute atomic E-state index is 0.125. The number of nitrogens with one attached hydrogen (secondary N) is 1. The lowest BCUT2D eigenvalue weighted by Gasteiger charge is -2.13. The molecule has 1 N–H and O–H groups in total. The van der Waals surface area contributed by atoms with Crippen LogP contribution < -0.4 is 19.6 Å². The first kappa shape index (κ1) is 24.3. The molecular weight excluding hydrogens is 484 g/mol. The molecule has 0 radical (unpaired) electrons. The molecule has 0 aliphatic heterocycles. The monoisotopic (exact) mass is 510 g/mol. The Labute approximate surface area is 202 Å². The van der Waals surface area contributed by atoms with Crippen molar-refractivity contribution in [1.29, 1.82) is 0 Å². The van der Waals surface area contributed by atoms with Gasteiger partial charge in [0.05, 0.1) is 17.8 Å². The molecule has 172 valence electrons. The third-order valence-corrected chi connectivity index (χ3v) is 5.37. The Morgan fingerprint density at radius 2 is 1.76 bits per heavy atom. The number of hydrazone groups is 1. The van der Waals surface area contributed by atoms with Gasteiger partial charge in [-0.3, -0.25) is 4.79 Å². The number of methoxy groups -OCH3 is 1. The number of nitrogens with zero attached hydrogens (tertiary/aromatic N) is 1. The van der Waals surface area contributed by atoms with Crippen molar-refractivity contribution in [3.05, 3.63) is 87.9 Å². The van der Waals surface area contributed by atoms with Gasteiger partial charge in [0.25, 0.3) is 5.91 Å². The van der Waals surface area contributed by atoms with E-state index in [1.807, 2.05) is 60.7 Å². The first-order chi connectivity index (χ1) is 16.0. The Bertz CT molecular complexity index is 1100. The average molecular weight is 511 g/mol. The molecule has 7 heteroatoms. The number of amides is 1.